The van der Waals surface area contributed by atoms with Gasteiger partial charge in [0, 0.05) is 24.4 Å². The molecule has 0 atom stereocenters. The Morgan fingerprint density at radius 3 is 2.24 bits per heavy atom. The van der Waals surface area contributed by atoms with Gasteiger partial charge in [-0.3, -0.25) is 0 Å². The van der Waals surface area contributed by atoms with Crippen LogP contribution in [0.2, 0.25) is 0 Å². The van der Waals surface area contributed by atoms with Crippen LogP contribution in [-0.2, 0) is 0 Å². The molecule has 0 aliphatic rings. The van der Waals surface area contributed by atoms with E-state index in [1.807, 2.05) is 44.3 Å². The summed E-state index contributed by atoms with van der Waals surface area (Å²) in [6, 6.07) is 19.8. The van der Waals surface area contributed by atoms with Crippen molar-refractivity contribution in [2.45, 2.75) is 6.92 Å². The summed E-state index contributed by atoms with van der Waals surface area (Å²) in [7, 11) is 1.82. The van der Waals surface area contributed by atoms with Gasteiger partial charge in [-0.15, -0.1) is 0 Å². The van der Waals surface area contributed by atoms with Crippen LogP contribution in [0.4, 0.5) is 5.69 Å². The topological polar surface area (TPSA) is 72.6 Å². The molecule has 1 aromatic heterocycles. The fourth-order valence-electron chi connectivity index (χ4n) is 2.71. The van der Waals surface area contributed by atoms with Crippen LogP contribution >= 0.6 is 0 Å². The highest BCUT2D eigenvalue weighted by molar-refractivity contribution is 5.90. The Labute approximate surface area is 147 Å². The van der Waals surface area contributed by atoms with E-state index in [0.29, 0.717) is 11.3 Å². The monoisotopic (exact) mass is 326 g/mol. The van der Waals surface area contributed by atoms with Crippen LogP contribution in [0.3, 0.4) is 0 Å². The number of nitrogens with one attached hydrogen (secondary N) is 2. The van der Waals surface area contributed by atoms with Crippen LogP contribution in [-0.4, -0.2) is 18.2 Å². The minimum atomic E-state index is 0.593. The van der Waals surface area contributed by atoms with Gasteiger partial charge < -0.3 is 10.7 Å². The lowest BCUT2D eigenvalue weighted by Gasteiger charge is -2.14. The van der Waals surface area contributed by atoms with Gasteiger partial charge in [-0.25, -0.2) is 4.98 Å². The first-order valence-electron chi connectivity index (χ1n) is 7.97. The van der Waals surface area contributed by atoms with Gasteiger partial charge in [0.25, 0.3) is 0 Å². The SMILES string of the molecule is CNc1cc(-c2ccc(C#N)cc2)c(-c2ccc(C)cc2)nc1C=N. The van der Waals surface area contributed by atoms with Crippen molar-refractivity contribution in [3.63, 3.8) is 0 Å². The first-order valence-corrected chi connectivity index (χ1v) is 7.97. The number of hydrogen-bond donors (Lipinski definition) is 2. The number of nitriles is 1. The van der Waals surface area contributed by atoms with E-state index in [1.54, 1.807) is 12.1 Å². The van der Waals surface area contributed by atoms with Gasteiger partial charge >= 0.3 is 0 Å². The maximum atomic E-state index is 9.01. The van der Waals surface area contributed by atoms with Crippen LogP contribution in [0.25, 0.3) is 22.4 Å². The van der Waals surface area contributed by atoms with Gasteiger partial charge in [-0.1, -0.05) is 42.0 Å². The van der Waals surface area contributed by atoms with E-state index in [0.717, 1.165) is 28.1 Å². The summed E-state index contributed by atoms with van der Waals surface area (Å²) in [5, 5.41) is 19.8. The third-order valence-corrected chi connectivity index (χ3v) is 4.11. The molecule has 0 amide bonds. The summed E-state index contributed by atoms with van der Waals surface area (Å²) in [5.41, 5.74) is 6.96. The number of nitrogens with zero attached hydrogens (tertiary/aromatic N) is 2. The standard InChI is InChI=1S/C21H18N4/c1-14-3-7-17(8-4-14)21-18(11-19(24-2)20(13-23)25-21)16-9-5-15(12-22)6-10-16/h3-11,13,23-24H,1-2H3. The summed E-state index contributed by atoms with van der Waals surface area (Å²) in [4.78, 5) is 4.71. The minimum Gasteiger partial charge on any atom is -0.386 e. The highest BCUT2D eigenvalue weighted by Crippen LogP contribution is 2.34. The molecule has 0 aliphatic heterocycles. The Hall–Kier alpha value is -3.45. The van der Waals surface area contributed by atoms with Crippen molar-refractivity contribution in [3.05, 3.63) is 71.4 Å². The van der Waals surface area contributed by atoms with E-state index in [4.69, 9.17) is 15.7 Å². The van der Waals surface area contributed by atoms with Crippen molar-refractivity contribution >= 4 is 11.9 Å². The summed E-state index contributed by atoms with van der Waals surface area (Å²) < 4.78 is 0. The summed E-state index contributed by atoms with van der Waals surface area (Å²) in [6.45, 7) is 2.05. The van der Waals surface area contributed by atoms with Crippen molar-refractivity contribution in [2.75, 3.05) is 12.4 Å². The molecule has 0 aliphatic carbocycles. The number of hydrogen-bond acceptors (Lipinski definition) is 4. The fraction of sp³-hybridized carbons (Fsp3) is 0.0952. The van der Waals surface area contributed by atoms with Gasteiger partial charge in [-0.2, -0.15) is 5.26 Å². The van der Waals surface area contributed by atoms with Crippen LogP contribution in [0.15, 0.2) is 54.6 Å². The lowest BCUT2D eigenvalue weighted by Crippen LogP contribution is -2.01. The Balaban J connectivity index is 2.25. The van der Waals surface area contributed by atoms with Crippen molar-refractivity contribution in [1.82, 2.24) is 4.98 Å². The molecule has 0 fully saturated rings. The molecule has 0 bridgehead atoms. The Kier molecular flexibility index (Phi) is 4.58. The lowest BCUT2D eigenvalue weighted by molar-refractivity contribution is 1.28. The van der Waals surface area contributed by atoms with Crippen molar-refractivity contribution in [1.29, 1.82) is 10.7 Å². The second-order valence-corrected chi connectivity index (χ2v) is 5.77. The zero-order valence-corrected chi connectivity index (χ0v) is 14.2. The molecule has 2 N–H and O–H groups in total. The fourth-order valence-corrected chi connectivity index (χ4v) is 2.71. The van der Waals surface area contributed by atoms with E-state index < -0.39 is 0 Å². The van der Waals surface area contributed by atoms with Crippen LogP contribution in [0.1, 0.15) is 16.8 Å². The molecule has 0 radical (unpaired) electrons. The van der Waals surface area contributed by atoms with Gasteiger partial charge in [-0.05, 0) is 30.7 Å². The molecular weight excluding hydrogens is 308 g/mol. The molecule has 4 nitrogen and oxygen atoms in total. The number of rotatable bonds is 4. The molecule has 3 rings (SSSR count). The predicted octanol–water partition coefficient (Wildman–Crippen LogP) is 4.64. The van der Waals surface area contributed by atoms with Gasteiger partial charge in [0.15, 0.2) is 0 Å². The third-order valence-electron chi connectivity index (χ3n) is 4.11. The largest absolute Gasteiger partial charge is 0.386 e. The Morgan fingerprint density at radius 1 is 1.04 bits per heavy atom. The molecule has 3 aromatic rings. The number of benzene rings is 2. The highest BCUT2D eigenvalue weighted by Gasteiger charge is 2.13. The van der Waals surface area contributed by atoms with Crippen LogP contribution < -0.4 is 5.32 Å². The Morgan fingerprint density at radius 2 is 1.68 bits per heavy atom. The molecule has 25 heavy (non-hydrogen) atoms. The van der Waals surface area contributed by atoms with E-state index in [2.05, 4.69) is 23.5 Å². The smallest absolute Gasteiger partial charge is 0.104 e. The number of pyridine rings is 1. The molecular formula is C21H18N4. The minimum absolute atomic E-state index is 0.593. The van der Waals surface area contributed by atoms with Crippen molar-refractivity contribution in [3.8, 4) is 28.5 Å². The first-order chi connectivity index (χ1) is 12.2. The zero-order valence-electron chi connectivity index (χ0n) is 14.2. The lowest BCUT2D eigenvalue weighted by atomic mass is 9.97. The number of aryl methyl sites for hydroxylation is 1. The molecule has 1 heterocycles. The summed E-state index contributed by atoms with van der Waals surface area (Å²) in [5.74, 6) is 0. The van der Waals surface area contributed by atoms with Crippen molar-refractivity contribution < 1.29 is 0 Å². The molecule has 0 spiro atoms. The first kappa shape index (κ1) is 16.4. The van der Waals surface area contributed by atoms with Gasteiger partial charge in [0.05, 0.1) is 23.0 Å². The average molecular weight is 326 g/mol. The molecule has 4 heteroatoms. The molecule has 122 valence electrons. The second-order valence-electron chi connectivity index (χ2n) is 5.77. The summed E-state index contributed by atoms with van der Waals surface area (Å²) >= 11 is 0. The normalized spacial score (nSPS) is 10.1. The predicted molar refractivity (Wildman–Crippen MR) is 102 cm³/mol. The van der Waals surface area contributed by atoms with Gasteiger partial charge in [0.2, 0.25) is 0 Å². The number of aromatic nitrogens is 1. The highest BCUT2D eigenvalue weighted by atomic mass is 14.9. The van der Waals surface area contributed by atoms with Gasteiger partial charge in [0.1, 0.15) is 5.69 Å². The maximum Gasteiger partial charge on any atom is 0.104 e. The third kappa shape index (κ3) is 3.26. The van der Waals surface area contributed by atoms with Crippen LogP contribution in [0.5, 0.6) is 0 Å². The number of anilines is 1. The maximum absolute atomic E-state index is 9.01. The molecule has 0 saturated heterocycles. The zero-order chi connectivity index (χ0) is 17.8. The molecule has 0 unspecified atom stereocenters. The second kappa shape index (κ2) is 6.98. The quantitative estimate of drug-likeness (QED) is 0.686. The Bertz CT molecular complexity index is 949. The summed E-state index contributed by atoms with van der Waals surface area (Å²) in [6.07, 6.45) is 1.26. The van der Waals surface area contributed by atoms with E-state index >= 15 is 0 Å². The average Bonchev–Trinajstić information content (AvgIpc) is 2.67. The van der Waals surface area contributed by atoms with E-state index in [-0.39, 0.29) is 0 Å². The van der Waals surface area contributed by atoms with Crippen molar-refractivity contribution in [2.24, 2.45) is 0 Å². The molecule has 2 aromatic carbocycles. The van der Waals surface area contributed by atoms with E-state index in [1.165, 1.54) is 11.8 Å². The van der Waals surface area contributed by atoms with E-state index in [9.17, 15) is 0 Å². The van der Waals surface area contributed by atoms with Crippen LogP contribution in [0, 0.1) is 23.7 Å². The molecule has 0 saturated carbocycles.